The van der Waals surface area contributed by atoms with E-state index >= 15 is 0 Å². The SMILES string of the molecule is O=c1/c(=C\c2cccc(Br)c2)sc2nc(-c3cccc(Cl)c3)nn12. The largest absolute Gasteiger partial charge is 0.291 e. The number of fused-ring (bicyclic) bond motifs is 1. The molecule has 4 aromatic rings. The molecule has 2 aromatic heterocycles. The van der Waals surface area contributed by atoms with Crippen LogP contribution in [0, 0.1) is 0 Å². The predicted molar refractivity (Wildman–Crippen MR) is 101 cm³/mol. The van der Waals surface area contributed by atoms with Crippen molar-refractivity contribution in [2.45, 2.75) is 0 Å². The third-order valence-electron chi connectivity index (χ3n) is 3.41. The second-order valence-corrected chi connectivity index (χ2v) is 7.47. The lowest BCUT2D eigenvalue weighted by molar-refractivity contribution is 0.937. The van der Waals surface area contributed by atoms with E-state index in [-0.39, 0.29) is 5.56 Å². The molecule has 118 valence electrons. The van der Waals surface area contributed by atoms with Crippen LogP contribution in [-0.4, -0.2) is 14.6 Å². The van der Waals surface area contributed by atoms with Crippen LogP contribution in [0.3, 0.4) is 0 Å². The minimum Gasteiger partial charge on any atom is -0.266 e. The Labute approximate surface area is 154 Å². The monoisotopic (exact) mass is 417 g/mol. The fourth-order valence-corrected chi connectivity index (χ4v) is 3.85. The van der Waals surface area contributed by atoms with E-state index in [0.717, 1.165) is 15.6 Å². The lowest BCUT2D eigenvalue weighted by atomic mass is 10.2. The van der Waals surface area contributed by atoms with Gasteiger partial charge in [-0.25, -0.2) is 0 Å². The molecule has 0 fully saturated rings. The number of aromatic nitrogens is 3. The molecule has 0 amide bonds. The number of benzene rings is 2. The van der Waals surface area contributed by atoms with E-state index in [1.165, 1.54) is 15.9 Å². The van der Waals surface area contributed by atoms with Crippen LogP contribution in [0.4, 0.5) is 0 Å². The van der Waals surface area contributed by atoms with E-state index in [1.54, 1.807) is 12.1 Å². The van der Waals surface area contributed by atoms with E-state index in [4.69, 9.17) is 11.6 Å². The van der Waals surface area contributed by atoms with Crippen molar-refractivity contribution in [3.05, 3.63) is 78.5 Å². The van der Waals surface area contributed by atoms with Crippen LogP contribution < -0.4 is 10.1 Å². The number of nitrogens with zero attached hydrogens (tertiary/aromatic N) is 3. The standard InChI is InChI=1S/C17H9BrClN3OS/c18-12-5-1-3-10(7-12)8-14-16(23)22-17(24-14)20-15(21-22)11-4-2-6-13(19)9-11/h1-9H/b14-8+. The fourth-order valence-electron chi connectivity index (χ4n) is 2.33. The van der Waals surface area contributed by atoms with E-state index in [2.05, 4.69) is 26.0 Å². The second-order valence-electron chi connectivity index (χ2n) is 5.11. The second kappa shape index (κ2) is 6.12. The zero-order chi connectivity index (χ0) is 16.7. The number of rotatable bonds is 2. The number of halogens is 2. The lowest BCUT2D eigenvalue weighted by Crippen LogP contribution is -2.23. The Hall–Kier alpha value is -2.02. The highest BCUT2D eigenvalue weighted by atomic mass is 79.9. The molecule has 0 bridgehead atoms. The lowest BCUT2D eigenvalue weighted by Gasteiger charge is -1.94. The summed E-state index contributed by atoms with van der Waals surface area (Å²) in [6.45, 7) is 0. The Morgan fingerprint density at radius 2 is 2.00 bits per heavy atom. The molecule has 4 nitrogen and oxygen atoms in total. The fraction of sp³-hybridized carbons (Fsp3) is 0. The van der Waals surface area contributed by atoms with E-state index in [1.807, 2.05) is 42.5 Å². The van der Waals surface area contributed by atoms with Crippen molar-refractivity contribution in [2.24, 2.45) is 0 Å². The Morgan fingerprint density at radius 1 is 1.17 bits per heavy atom. The van der Waals surface area contributed by atoms with Gasteiger partial charge < -0.3 is 0 Å². The van der Waals surface area contributed by atoms with Crippen LogP contribution in [0.15, 0.2) is 57.8 Å². The summed E-state index contributed by atoms with van der Waals surface area (Å²) >= 11 is 10.7. The average Bonchev–Trinajstić information content (AvgIpc) is 3.08. The van der Waals surface area contributed by atoms with Crippen molar-refractivity contribution >= 4 is 49.9 Å². The molecule has 0 N–H and O–H groups in total. The molecule has 0 radical (unpaired) electrons. The van der Waals surface area contributed by atoms with Gasteiger partial charge >= 0.3 is 0 Å². The summed E-state index contributed by atoms with van der Waals surface area (Å²) in [5.74, 6) is 0.495. The first-order chi connectivity index (χ1) is 11.6. The average molecular weight is 419 g/mol. The molecule has 2 aromatic carbocycles. The van der Waals surface area contributed by atoms with Gasteiger partial charge in [0, 0.05) is 15.1 Å². The van der Waals surface area contributed by atoms with Gasteiger partial charge in [-0.15, -0.1) is 5.10 Å². The first-order valence-electron chi connectivity index (χ1n) is 7.03. The van der Waals surface area contributed by atoms with Crippen LogP contribution in [0.5, 0.6) is 0 Å². The minimum atomic E-state index is -0.171. The van der Waals surface area contributed by atoms with Crippen LogP contribution in [0.1, 0.15) is 5.56 Å². The predicted octanol–water partition coefficient (Wildman–Crippen LogP) is 3.78. The molecule has 0 unspecified atom stereocenters. The van der Waals surface area contributed by atoms with Crippen molar-refractivity contribution in [2.75, 3.05) is 0 Å². The molecule has 0 saturated carbocycles. The van der Waals surface area contributed by atoms with Crippen molar-refractivity contribution in [3.63, 3.8) is 0 Å². The molecule has 4 rings (SSSR count). The summed E-state index contributed by atoms with van der Waals surface area (Å²) in [5, 5.41) is 4.93. The Morgan fingerprint density at radius 3 is 2.75 bits per heavy atom. The third kappa shape index (κ3) is 2.88. The van der Waals surface area contributed by atoms with Gasteiger partial charge in [-0.05, 0) is 35.9 Å². The molecule has 2 heterocycles. The Balaban J connectivity index is 1.83. The maximum absolute atomic E-state index is 12.5. The summed E-state index contributed by atoms with van der Waals surface area (Å²) in [7, 11) is 0. The molecule has 0 saturated heterocycles. The van der Waals surface area contributed by atoms with Gasteiger partial charge in [0.25, 0.3) is 5.56 Å². The number of thiazole rings is 1. The summed E-state index contributed by atoms with van der Waals surface area (Å²) in [5.41, 5.74) is 1.56. The molecule has 0 aliphatic rings. The van der Waals surface area contributed by atoms with Crippen LogP contribution >= 0.6 is 38.9 Å². The summed E-state index contributed by atoms with van der Waals surface area (Å²) in [6, 6.07) is 15.0. The normalized spacial score (nSPS) is 12.2. The van der Waals surface area contributed by atoms with Crippen LogP contribution in [0.25, 0.3) is 22.4 Å². The van der Waals surface area contributed by atoms with Gasteiger partial charge in [0.15, 0.2) is 5.82 Å². The minimum absolute atomic E-state index is 0.171. The van der Waals surface area contributed by atoms with E-state index in [9.17, 15) is 4.79 Å². The molecular formula is C17H9BrClN3OS. The van der Waals surface area contributed by atoms with E-state index in [0.29, 0.717) is 20.3 Å². The summed E-state index contributed by atoms with van der Waals surface area (Å²) in [6.07, 6.45) is 1.84. The smallest absolute Gasteiger partial charge is 0.266 e. The zero-order valence-corrected chi connectivity index (χ0v) is 15.3. The number of hydrogen-bond donors (Lipinski definition) is 0. The van der Waals surface area contributed by atoms with Crippen molar-refractivity contribution < 1.29 is 0 Å². The first-order valence-corrected chi connectivity index (χ1v) is 9.02. The molecule has 0 aliphatic heterocycles. The molecule has 0 atom stereocenters. The summed E-state index contributed by atoms with van der Waals surface area (Å²) in [4.78, 5) is 17.5. The Kier molecular flexibility index (Phi) is 3.96. The highest BCUT2D eigenvalue weighted by Crippen LogP contribution is 2.20. The zero-order valence-electron chi connectivity index (χ0n) is 12.1. The van der Waals surface area contributed by atoms with Crippen LogP contribution in [0.2, 0.25) is 5.02 Å². The van der Waals surface area contributed by atoms with Gasteiger partial charge in [-0.3, -0.25) is 4.79 Å². The highest BCUT2D eigenvalue weighted by Gasteiger charge is 2.12. The van der Waals surface area contributed by atoms with Crippen molar-refractivity contribution in [3.8, 4) is 11.4 Å². The van der Waals surface area contributed by atoms with Gasteiger partial charge in [-0.2, -0.15) is 9.50 Å². The highest BCUT2D eigenvalue weighted by molar-refractivity contribution is 9.10. The molecule has 0 spiro atoms. The van der Waals surface area contributed by atoms with Crippen molar-refractivity contribution in [1.82, 2.24) is 14.6 Å². The molecule has 24 heavy (non-hydrogen) atoms. The van der Waals surface area contributed by atoms with Crippen molar-refractivity contribution in [1.29, 1.82) is 0 Å². The third-order valence-corrected chi connectivity index (χ3v) is 5.10. The molecular weight excluding hydrogens is 410 g/mol. The summed E-state index contributed by atoms with van der Waals surface area (Å²) < 4.78 is 2.90. The van der Waals surface area contributed by atoms with E-state index < -0.39 is 0 Å². The Bertz CT molecular complexity index is 1170. The van der Waals surface area contributed by atoms with Gasteiger partial charge in [0.1, 0.15) is 0 Å². The first kappa shape index (κ1) is 15.5. The number of hydrogen-bond acceptors (Lipinski definition) is 4. The maximum atomic E-state index is 12.5. The van der Waals surface area contributed by atoms with Gasteiger partial charge in [0.2, 0.25) is 4.96 Å². The maximum Gasteiger partial charge on any atom is 0.291 e. The van der Waals surface area contributed by atoms with Crippen LogP contribution in [-0.2, 0) is 0 Å². The topological polar surface area (TPSA) is 47.3 Å². The van der Waals surface area contributed by atoms with Gasteiger partial charge in [-0.1, -0.05) is 63.1 Å². The molecule has 0 aliphatic carbocycles. The molecule has 7 heteroatoms. The van der Waals surface area contributed by atoms with Gasteiger partial charge in [0.05, 0.1) is 4.53 Å². The quantitative estimate of drug-likeness (QED) is 0.498.